The molecule has 1 fully saturated rings. The smallest absolute Gasteiger partial charge is 0.242 e. The van der Waals surface area contributed by atoms with Crippen molar-refractivity contribution in [2.75, 3.05) is 18.4 Å². The van der Waals surface area contributed by atoms with Crippen molar-refractivity contribution in [2.24, 2.45) is 0 Å². The fourth-order valence-corrected chi connectivity index (χ4v) is 3.32. The Labute approximate surface area is 135 Å². The van der Waals surface area contributed by atoms with Gasteiger partial charge in [0.25, 0.3) is 0 Å². The zero-order chi connectivity index (χ0) is 16.2. The summed E-state index contributed by atoms with van der Waals surface area (Å²) in [6.45, 7) is 10.1. The van der Waals surface area contributed by atoms with E-state index in [0.717, 1.165) is 31.5 Å². The number of para-hydroxylation sites is 1. The third kappa shape index (κ3) is 4.02. The molecular formula is C19H30N2O. The normalized spacial score (nSPS) is 19.1. The average molecular weight is 302 g/mol. The molecule has 1 aromatic carbocycles. The standard InChI is InChI=1S/C19H30N2O/c1-5-15-10-8-9-13-21(15)18(22)14-20-17-12-7-6-11-16(17)19(2,3)4/h6-7,11-12,15,20H,5,8-10,13-14H2,1-4H3. The molecule has 122 valence electrons. The Morgan fingerprint density at radius 2 is 2.00 bits per heavy atom. The van der Waals surface area contributed by atoms with Crippen LogP contribution in [0, 0.1) is 0 Å². The van der Waals surface area contributed by atoms with Gasteiger partial charge in [-0.25, -0.2) is 0 Å². The van der Waals surface area contributed by atoms with Crippen LogP contribution in [0.25, 0.3) is 0 Å². The van der Waals surface area contributed by atoms with E-state index in [1.807, 2.05) is 6.07 Å². The molecule has 0 aliphatic carbocycles. The quantitative estimate of drug-likeness (QED) is 0.904. The third-order valence-electron chi connectivity index (χ3n) is 4.58. The van der Waals surface area contributed by atoms with Gasteiger partial charge >= 0.3 is 0 Å². The van der Waals surface area contributed by atoms with Crippen LogP contribution in [-0.4, -0.2) is 29.9 Å². The highest BCUT2D eigenvalue weighted by Gasteiger charge is 2.25. The molecule has 1 N–H and O–H groups in total. The molecule has 0 radical (unpaired) electrons. The van der Waals surface area contributed by atoms with Crippen LogP contribution in [-0.2, 0) is 10.2 Å². The number of likely N-dealkylation sites (tertiary alicyclic amines) is 1. The van der Waals surface area contributed by atoms with Gasteiger partial charge in [0.2, 0.25) is 5.91 Å². The van der Waals surface area contributed by atoms with E-state index in [4.69, 9.17) is 0 Å². The number of hydrogen-bond acceptors (Lipinski definition) is 2. The first-order chi connectivity index (χ1) is 10.4. The molecule has 1 saturated heterocycles. The maximum atomic E-state index is 12.6. The Hall–Kier alpha value is -1.51. The van der Waals surface area contributed by atoms with Gasteiger partial charge in [0.15, 0.2) is 0 Å². The zero-order valence-electron chi connectivity index (χ0n) is 14.5. The van der Waals surface area contributed by atoms with Gasteiger partial charge in [-0.1, -0.05) is 45.9 Å². The Kier molecular flexibility index (Phi) is 5.49. The molecule has 1 aliphatic heterocycles. The highest BCUT2D eigenvalue weighted by molar-refractivity contribution is 5.81. The van der Waals surface area contributed by atoms with Gasteiger partial charge in [-0.2, -0.15) is 0 Å². The molecule has 3 nitrogen and oxygen atoms in total. The minimum Gasteiger partial charge on any atom is -0.376 e. The monoisotopic (exact) mass is 302 g/mol. The second kappa shape index (κ2) is 7.17. The highest BCUT2D eigenvalue weighted by Crippen LogP contribution is 2.29. The minimum atomic E-state index is 0.0731. The fraction of sp³-hybridized carbons (Fsp3) is 0.632. The number of hydrogen-bond donors (Lipinski definition) is 1. The summed E-state index contributed by atoms with van der Waals surface area (Å²) < 4.78 is 0. The molecule has 1 unspecified atom stereocenters. The molecule has 1 aromatic rings. The Morgan fingerprint density at radius 1 is 1.27 bits per heavy atom. The first-order valence-electron chi connectivity index (χ1n) is 8.56. The summed E-state index contributed by atoms with van der Waals surface area (Å²) in [7, 11) is 0. The van der Waals surface area contributed by atoms with E-state index in [1.165, 1.54) is 12.0 Å². The summed E-state index contributed by atoms with van der Waals surface area (Å²) in [5.41, 5.74) is 2.41. The maximum Gasteiger partial charge on any atom is 0.242 e. The second-order valence-corrected chi connectivity index (χ2v) is 7.29. The van der Waals surface area contributed by atoms with Crippen LogP contribution < -0.4 is 5.32 Å². The van der Waals surface area contributed by atoms with Crippen molar-refractivity contribution in [2.45, 2.75) is 64.8 Å². The van der Waals surface area contributed by atoms with Gasteiger partial charge < -0.3 is 10.2 Å². The summed E-state index contributed by atoms with van der Waals surface area (Å²) in [5.74, 6) is 0.232. The number of carbonyl (C=O) groups is 1. The number of benzene rings is 1. The Bertz CT molecular complexity index is 504. The van der Waals surface area contributed by atoms with E-state index in [1.54, 1.807) is 0 Å². The summed E-state index contributed by atoms with van der Waals surface area (Å²) >= 11 is 0. The minimum absolute atomic E-state index is 0.0731. The molecule has 0 spiro atoms. The summed E-state index contributed by atoms with van der Waals surface area (Å²) in [6.07, 6.45) is 4.61. The molecular weight excluding hydrogens is 272 g/mol. The zero-order valence-corrected chi connectivity index (χ0v) is 14.5. The number of carbonyl (C=O) groups excluding carboxylic acids is 1. The molecule has 3 heteroatoms. The molecule has 0 aromatic heterocycles. The van der Waals surface area contributed by atoms with E-state index in [-0.39, 0.29) is 11.3 Å². The van der Waals surface area contributed by atoms with Crippen LogP contribution in [0.5, 0.6) is 0 Å². The molecule has 1 heterocycles. The van der Waals surface area contributed by atoms with E-state index in [0.29, 0.717) is 12.6 Å². The number of nitrogens with zero attached hydrogens (tertiary/aromatic N) is 1. The third-order valence-corrected chi connectivity index (χ3v) is 4.58. The summed E-state index contributed by atoms with van der Waals surface area (Å²) in [5, 5.41) is 3.37. The molecule has 1 atom stereocenters. The lowest BCUT2D eigenvalue weighted by Gasteiger charge is -2.35. The van der Waals surface area contributed by atoms with E-state index >= 15 is 0 Å². The number of anilines is 1. The van der Waals surface area contributed by atoms with Crippen molar-refractivity contribution in [3.05, 3.63) is 29.8 Å². The molecule has 1 aliphatic rings. The molecule has 0 saturated carbocycles. The van der Waals surface area contributed by atoms with E-state index in [9.17, 15) is 4.79 Å². The first-order valence-corrected chi connectivity index (χ1v) is 8.56. The highest BCUT2D eigenvalue weighted by atomic mass is 16.2. The van der Waals surface area contributed by atoms with Crippen LogP contribution in [0.4, 0.5) is 5.69 Å². The fourth-order valence-electron chi connectivity index (χ4n) is 3.32. The largest absolute Gasteiger partial charge is 0.376 e. The van der Waals surface area contributed by atoms with Crippen molar-refractivity contribution in [1.82, 2.24) is 4.90 Å². The van der Waals surface area contributed by atoms with Crippen molar-refractivity contribution < 1.29 is 4.79 Å². The van der Waals surface area contributed by atoms with Crippen LogP contribution >= 0.6 is 0 Å². The van der Waals surface area contributed by atoms with Crippen LogP contribution in [0.2, 0.25) is 0 Å². The molecule has 22 heavy (non-hydrogen) atoms. The topological polar surface area (TPSA) is 32.3 Å². The average Bonchev–Trinajstić information content (AvgIpc) is 2.52. The summed E-state index contributed by atoms with van der Waals surface area (Å²) in [6, 6.07) is 8.73. The SMILES string of the molecule is CCC1CCCCN1C(=O)CNc1ccccc1C(C)(C)C. The lowest BCUT2D eigenvalue weighted by molar-refractivity contribution is -0.133. The van der Waals surface area contributed by atoms with Gasteiger partial charge in [0.1, 0.15) is 0 Å². The Balaban J connectivity index is 2.02. The number of rotatable bonds is 4. The van der Waals surface area contributed by atoms with Crippen molar-refractivity contribution in [3.63, 3.8) is 0 Å². The first kappa shape index (κ1) is 16.9. The lowest BCUT2D eigenvalue weighted by atomic mass is 9.86. The van der Waals surface area contributed by atoms with Gasteiger partial charge in [-0.05, 0) is 42.7 Å². The van der Waals surface area contributed by atoms with Gasteiger partial charge in [-0.15, -0.1) is 0 Å². The van der Waals surface area contributed by atoms with Crippen LogP contribution in [0.3, 0.4) is 0 Å². The van der Waals surface area contributed by atoms with E-state index < -0.39 is 0 Å². The predicted molar refractivity (Wildman–Crippen MR) is 93.3 cm³/mol. The second-order valence-electron chi connectivity index (χ2n) is 7.29. The number of nitrogens with one attached hydrogen (secondary N) is 1. The van der Waals surface area contributed by atoms with E-state index in [2.05, 4.69) is 56.1 Å². The van der Waals surface area contributed by atoms with Crippen molar-refractivity contribution >= 4 is 11.6 Å². The predicted octanol–water partition coefficient (Wildman–Crippen LogP) is 4.19. The maximum absolute atomic E-state index is 12.6. The lowest BCUT2D eigenvalue weighted by Crippen LogP contribution is -2.45. The number of piperidine rings is 1. The summed E-state index contributed by atoms with van der Waals surface area (Å²) in [4.78, 5) is 14.6. The van der Waals surface area contributed by atoms with Gasteiger partial charge in [0, 0.05) is 18.3 Å². The van der Waals surface area contributed by atoms with Crippen LogP contribution in [0.1, 0.15) is 58.9 Å². The number of amides is 1. The van der Waals surface area contributed by atoms with Crippen molar-refractivity contribution in [1.29, 1.82) is 0 Å². The van der Waals surface area contributed by atoms with Crippen LogP contribution in [0.15, 0.2) is 24.3 Å². The van der Waals surface area contributed by atoms with Crippen molar-refractivity contribution in [3.8, 4) is 0 Å². The van der Waals surface area contributed by atoms with Gasteiger partial charge in [0.05, 0.1) is 6.54 Å². The van der Waals surface area contributed by atoms with Gasteiger partial charge in [-0.3, -0.25) is 4.79 Å². The Morgan fingerprint density at radius 3 is 2.68 bits per heavy atom. The molecule has 1 amide bonds. The molecule has 2 rings (SSSR count). The molecule has 0 bridgehead atoms.